The van der Waals surface area contributed by atoms with Gasteiger partial charge in [0.25, 0.3) is 0 Å². The van der Waals surface area contributed by atoms with Crippen LogP contribution in [0.5, 0.6) is 0 Å². The monoisotopic (exact) mass is 235 g/mol. The topological polar surface area (TPSA) is 26.0 Å². The van der Waals surface area contributed by atoms with Gasteiger partial charge < -0.3 is 5.73 Å². The van der Waals surface area contributed by atoms with E-state index in [1.54, 1.807) is 17.4 Å². The molecule has 0 atom stereocenters. The van der Waals surface area contributed by atoms with Gasteiger partial charge in [0.2, 0.25) is 0 Å². The van der Waals surface area contributed by atoms with E-state index in [9.17, 15) is 4.39 Å². The van der Waals surface area contributed by atoms with Gasteiger partial charge in [0.15, 0.2) is 0 Å². The summed E-state index contributed by atoms with van der Waals surface area (Å²) in [5, 5.41) is 1.14. The molecule has 1 nitrogen and oxygen atoms in total. The van der Waals surface area contributed by atoms with Crippen LogP contribution >= 0.6 is 11.3 Å². The summed E-state index contributed by atoms with van der Waals surface area (Å²) in [6, 6.07) is 7.13. The fraction of sp³-hybridized carbons (Fsp3) is 0.385. The molecule has 3 rings (SSSR count). The molecule has 1 aromatic heterocycles. The summed E-state index contributed by atoms with van der Waals surface area (Å²) >= 11 is 1.68. The highest BCUT2D eigenvalue weighted by Gasteiger charge is 2.37. The lowest BCUT2D eigenvalue weighted by Gasteiger charge is -2.05. The summed E-state index contributed by atoms with van der Waals surface area (Å²) in [6.07, 6.45) is 4.40. The minimum absolute atomic E-state index is 0.113. The third-order valence-electron chi connectivity index (χ3n) is 3.29. The first-order valence-corrected chi connectivity index (χ1v) is 6.43. The number of rotatable bonds is 3. The lowest BCUT2D eigenvalue weighted by atomic mass is 10.1. The molecule has 1 saturated carbocycles. The zero-order valence-electron chi connectivity index (χ0n) is 9.00. The third-order valence-corrected chi connectivity index (χ3v) is 4.45. The molecule has 1 aromatic carbocycles. The lowest BCUT2D eigenvalue weighted by Crippen LogP contribution is -2.21. The minimum atomic E-state index is -0.154. The Kier molecular flexibility index (Phi) is 2.26. The Labute approximate surface area is 98.1 Å². The number of hydrogen-bond donors (Lipinski definition) is 1. The zero-order valence-corrected chi connectivity index (χ0v) is 9.82. The van der Waals surface area contributed by atoms with Crippen molar-refractivity contribution in [1.29, 1.82) is 0 Å². The summed E-state index contributed by atoms with van der Waals surface area (Å²) in [6.45, 7) is 0. The molecule has 0 spiro atoms. The van der Waals surface area contributed by atoms with Gasteiger partial charge in [0.1, 0.15) is 5.82 Å². The average molecular weight is 235 g/mol. The van der Waals surface area contributed by atoms with Crippen LogP contribution in [0.4, 0.5) is 4.39 Å². The van der Waals surface area contributed by atoms with Crippen molar-refractivity contribution < 1.29 is 4.39 Å². The maximum Gasteiger partial charge on any atom is 0.124 e. The summed E-state index contributed by atoms with van der Waals surface area (Å²) in [5.41, 5.74) is 6.17. The Bertz CT molecular complexity index is 528. The van der Waals surface area contributed by atoms with Gasteiger partial charge >= 0.3 is 0 Å². The maximum atomic E-state index is 13.0. The number of thiophene rings is 1. The SMILES string of the molecule is NC1(CCc2cc3ccc(F)cc3s2)CC1. The number of halogens is 1. The Morgan fingerprint density at radius 1 is 1.31 bits per heavy atom. The highest BCUT2D eigenvalue weighted by atomic mass is 32.1. The normalized spacial score (nSPS) is 17.9. The van der Waals surface area contributed by atoms with E-state index in [0.717, 1.165) is 35.8 Å². The van der Waals surface area contributed by atoms with E-state index in [4.69, 9.17) is 5.73 Å². The fourth-order valence-electron chi connectivity index (χ4n) is 1.97. The zero-order chi connectivity index (χ0) is 11.2. The van der Waals surface area contributed by atoms with Gasteiger partial charge in [-0.25, -0.2) is 4.39 Å². The molecule has 1 aliphatic carbocycles. The first-order chi connectivity index (χ1) is 7.65. The molecule has 2 N–H and O–H groups in total. The van der Waals surface area contributed by atoms with Crippen molar-refractivity contribution in [3.63, 3.8) is 0 Å². The summed E-state index contributed by atoms with van der Waals surface area (Å²) in [7, 11) is 0. The largest absolute Gasteiger partial charge is 0.325 e. The Morgan fingerprint density at radius 3 is 2.88 bits per heavy atom. The Hall–Kier alpha value is -0.930. The standard InChI is InChI=1S/C13H14FNS/c14-10-2-1-9-7-11(16-12(9)8-10)3-4-13(15)5-6-13/h1-2,7-8H,3-6,15H2. The molecular weight excluding hydrogens is 221 g/mol. The molecule has 3 heteroatoms. The van der Waals surface area contributed by atoms with Crippen LogP contribution in [0.25, 0.3) is 10.1 Å². The van der Waals surface area contributed by atoms with Gasteiger partial charge in [-0.2, -0.15) is 0 Å². The van der Waals surface area contributed by atoms with Crippen molar-refractivity contribution in [3.8, 4) is 0 Å². The molecule has 0 bridgehead atoms. The highest BCUT2D eigenvalue weighted by Crippen LogP contribution is 2.37. The summed E-state index contributed by atoms with van der Waals surface area (Å²) in [5.74, 6) is -0.154. The molecular formula is C13H14FNS. The molecule has 0 aliphatic heterocycles. The summed E-state index contributed by atoms with van der Waals surface area (Å²) < 4.78 is 14.1. The number of fused-ring (bicyclic) bond motifs is 1. The fourth-order valence-corrected chi connectivity index (χ4v) is 3.05. The van der Waals surface area contributed by atoms with Crippen molar-refractivity contribution in [2.45, 2.75) is 31.2 Å². The van der Waals surface area contributed by atoms with Crippen LogP contribution in [-0.2, 0) is 6.42 Å². The van der Waals surface area contributed by atoms with Gasteiger partial charge in [-0.3, -0.25) is 0 Å². The van der Waals surface area contributed by atoms with Crippen molar-refractivity contribution in [2.75, 3.05) is 0 Å². The number of benzene rings is 1. The van der Waals surface area contributed by atoms with Gasteiger partial charge in [0, 0.05) is 15.1 Å². The Balaban J connectivity index is 1.82. The number of nitrogens with two attached hydrogens (primary N) is 1. The van der Waals surface area contributed by atoms with Crippen LogP contribution < -0.4 is 5.73 Å². The third kappa shape index (κ3) is 1.97. The Morgan fingerprint density at radius 2 is 2.12 bits per heavy atom. The first-order valence-electron chi connectivity index (χ1n) is 5.62. The minimum Gasteiger partial charge on any atom is -0.325 e. The molecule has 16 heavy (non-hydrogen) atoms. The van der Waals surface area contributed by atoms with Crippen molar-refractivity contribution >= 4 is 21.4 Å². The number of hydrogen-bond acceptors (Lipinski definition) is 2. The van der Waals surface area contributed by atoms with Gasteiger partial charge in [-0.1, -0.05) is 6.07 Å². The second kappa shape index (κ2) is 3.54. The highest BCUT2D eigenvalue weighted by molar-refractivity contribution is 7.19. The van der Waals surface area contributed by atoms with E-state index in [2.05, 4.69) is 6.07 Å². The van der Waals surface area contributed by atoms with Crippen molar-refractivity contribution in [2.24, 2.45) is 5.73 Å². The summed E-state index contributed by atoms with van der Waals surface area (Å²) in [4.78, 5) is 1.32. The first kappa shape index (κ1) is 10.2. The predicted molar refractivity (Wildman–Crippen MR) is 66.3 cm³/mol. The molecule has 0 saturated heterocycles. The average Bonchev–Trinajstić information content (AvgIpc) is 2.85. The van der Waals surface area contributed by atoms with Crippen LogP contribution in [-0.4, -0.2) is 5.54 Å². The molecule has 2 aromatic rings. The molecule has 0 unspecified atom stereocenters. The van der Waals surface area contributed by atoms with Gasteiger partial charge in [-0.05, 0) is 49.3 Å². The van der Waals surface area contributed by atoms with Gasteiger partial charge in [0.05, 0.1) is 0 Å². The quantitative estimate of drug-likeness (QED) is 0.866. The molecule has 0 amide bonds. The second-order valence-corrected chi connectivity index (χ2v) is 5.93. The smallest absolute Gasteiger partial charge is 0.124 e. The van der Waals surface area contributed by atoms with Crippen LogP contribution in [0.1, 0.15) is 24.1 Å². The van der Waals surface area contributed by atoms with E-state index in [1.165, 1.54) is 10.9 Å². The van der Waals surface area contributed by atoms with Crippen LogP contribution in [0.15, 0.2) is 24.3 Å². The molecule has 1 aliphatic rings. The van der Waals surface area contributed by atoms with Crippen molar-refractivity contribution in [3.05, 3.63) is 35.0 Å². The molecule has 1 fully saturated rings. The van der Waals surface area contributed by atoms with E-state index in [0.29, 0.717) is 0 Å². The van der Waals surface area contributed by atoms with Crippen LogP contribution in [0.3, 0.4) is 0 Å². The molecule has 1 heterocycles. The van der Waals surface area contributed by atoms with E-state index in [1.807, 2.05) is 6.07 Å². The predicted octanol–water partition coefficient (Wildman–Crippen LogP) is 3.46. The van der Waals surface area contributed by atoms with E-state index in [-0.39, 0.29) is 11.4 Å². The molecule has 84 valence electrons. The van der Waals surface area contributed by atoms with Crippen LogP contribution in [0.2, 0.25) is 0 Å². The van der Waals surface area contributed by atoms with Gasteiger partial charge in [-0.15, -0.1) is 11.3 Å². The van der Waals surface area contributed by atoms with E-state index < -0.39 is 0 Å². The van der Waals surface area contributed by atoms with E-state index >= 15 is 0 Å². The lowest BCUT2D eigenvalue weighted by molar-refractivity contribution is 0.613. The van der Waals surface area contributed by atoms with Crippen molar-refractivity contribution in [1.82, 2.24) is 0 Å². The second-order valence-electron chi connectivity index (χ2n) is 4.76. The molecule has 0 radical (unpaired) electrons. The number of aryl methyl sites for hydroxylation is 1. The van der Waals surface area contributed by atoms with Crippen LogP contribution in [0, 0.1) is 5.82 Å². The maximum absolute atomic E-state index is 13.0.